The highest BCUT2D eigenvalue weighted by Gasteiger charge is 2.21. The monoisotopic (exact) mass is 486 g/mol. The Hall–Kier alpha value is -2.47. The maximum absolute atomic E-state index is 11.2. The first-order valence-electron chi connectivity index (χ1n) is 10.9. The van der Waals surface area contributed by atoms with E-state index in [1.807, 2.05) is 76.5 Å². The fourth-order valence-corrected chi connectivity index (χ4v) is 4.44. The number of H-pyrrole nitrogens is 2. The van der Waals surface area contributed by atoms with Gasteiger partial charge in [0.1, 0.15) is 0 Å². The van der Waals surface area contributed by atoms with Crippen molar-refractivity contribution in [2.45, 2.75) is 58.5 Å². The quantitative estimate of drug-likeness (QED) is 0.263. The molecule has 0 fully saturated rings. The van der Waals surface area contributed by atoms with E-state index in [0.717, 1.165) is 39.3 Å². The van der Waals surface area contributed by atoms with Crippen molar-refractivity contribution in [1.29, 1.82) is 0 Å². The Bertz CT molecular complexity index is 1260. The third kappa shape index (κ3) is 7.00. The second-order valence-corrected chi connectivity index (χ2v) is 10.8. The Kier molecular flexibility index (Phi) is 7.47. The normalized spacial score (nSPS) is 12.0. The van der Waals surface area contributed by atoms with Crippen LogP contribution in [0.25, 0.3) is 21.8 Å². The minimum atomic E-state index is -0.263. The summed E-state index contributed by atoms with van der Waals surface area (Å²) < 4.78 is 0. The summed E-state index contributed by atoms with van der Waals surface area (Å²) in [5.74, 6) is -0.0112. The van der Waals surface area contributed by atoms with Crippen molar-refractivity contribution in [3.05, 3.63) is 70.0 Å². The van der Waals surface area contributed by atoms with Crippen LogP contribution in [-0.4, -0.2) is 27.0 Å². The number of amides is 1. The van der Waals surface area contributed by atoms with E-state index < -0.39 is 0 Å². The molecule has 0 aliphatic rings. The topological polar surface area (TPSA) is 86.7 Å². The molecule has 0 radical (unpaired) electrons. The van der Waals surface area contributed by atoms with Crippen molar-refractivity contribution in [3.8, 4) is 0 Å². The zero-order valence-corrected chi connectivity index (χ0v) is 21.3. The molecule has 0 saturated carbocycles. The number of halogens is 2. The van der Waals surface area contributed by atoms with E-state index in [4.69, 9.17) is 28.9 Å². The average molecular weight is 487 g/mol. The highest BCUT2D eigenvalue weighted by atomic mass is 35.5. The van der Waals surface area contributed by atoms with E-state index >= 15 is 0 Å². The molecule has 0 aliphatic carbocycles. The number of aromatic nitrogens is 2. The molecule has 7 heteroatoms. The lowest BCUT2D eigenvalue weighted by molar-refractivity contribution is -0.120. The lowest BCUT2D eigenvalue weighted by atomic mass is 9.94. The van der Waals surface area contributed by atoms with Gasteiger partial charge >= 0.3 is 0 Å². The molecule has 5 nitrogen and oxygen atoms in total. The van der Waals surface area contributed by atoms with Crippen LogP contribution in [0.1, 0.15) is 45.7 Å². The first-order chi connectivity index (χ1) is 15.3. The minimum Gasteiger partial charge on any atom is -0.361 e. The second-order valence-electron chi connectivity index (χ2n) is 9.91. The maximum atomic E-state index is 11.2. The Balaban J connectivity index is 0.000000189. The van der Waals surface area contributed by atoms with Crippen molar-refractivity contribution in [2.24, 2.45) is 5.73 Å². The predicted octanol–water partition coefficient (Wildman–Crippen LogP) is 6.38. The van der Waals surface area contributed by atoms with Crippen LogP contribution in [0.15, 0.2) is 48.8 Å². The number of hydrogen-bond acceptors (Lipinski definition) is 2. The molecule has 176 valence electrons. The van der Waals surface area contributed by atoms with E-state index in [-0.39, 0.29) is 17.0 Å². The van der Waals surface area contributed by atoms with Gasteiger partial charge in [0.05, 0.1) is 0 Å². The number of fused-ring (bicyclic) bond motifs is 2. The number of aromatic amines is 2. The third-order valence-electron chi connectivity index (χ3n) is 5.25. The van der Waals surface area contributed by atoms with Gasteiger partial charge in [0, 0.05) is 62.2 Å². The Morgan fingerprint density at radius 2 is 1.33 bits per heavy atom. The van der Waals surface area contributed by atoms with Crippen LogP contribution in [-0.2, 0) is 17.6 Å². The molecule has 1 amide bonds. The Labute approximate surface area is 205 Å². The molecule has 4 rings (SSSR count). The molecule has 0 unspecified atom stereocenters. The molecule has 0 saturated heterocycles. The molecule has 0 atom stereocenters. The average Bonchev–Trinajstić information content (AvgIpc) is 3.23. The highest BCUT2D eigenvalue weighted by molar-refractivity contribution is 6.31. The summed E-state index contributed by atoms with van der Waals surface area (Å²) in [5.41, 5.74) is 10.1. The molecule has 2 aromatic heterocycles. The summed E-state index contributed by atoms with van der Waals surface area (Å²) in [6.07, 6.45) is 5.61. The second kappa shape index (κ2) is 9.80. The van der Waals surface area contributed by atoms with Crippen LogP contribution in [0, 0.1) is 0 Å². The highest BCUT2D eigenvalue weighted by Crippen LogP contribution is 2.26. The molecule has 0 aliphatic heterocycles. The number of carbonyl (C=O) groups is 1. The first kappa shape index (κ1) is 25.2. The number of carbonyl (C=O) groups excluding carboxylic acids is 1. The van der Waals surface area contributed by atoms with Crippen molar-refractivity contribution in [2.75, 3.05) is 0 Å². The summed E-state index contributed by atoms with van der Waals surface area (Å²) in [6.45, 7) is 9.63. The summed E-state index contributed by atoms with van der Waals surface area (Å²) in [7, 11) is 0. The van der Waals surface area contributed by atoms with E-state index in [0.29, 0.717) is 0 Å². The van der Waals surface area contributed by atoms with Gasteiger partial charge in [-0.15, -0.1) is 0 Å². The molecule has 2 heterocycles. The smallest absolute Gasteiger partial charge is 0.217 e. The number of nitrogens with two attached hydrogens (primary N) is 1. The molecule has 0 spiro atoms. The van der Waals surface area contributed by atoms with Crippen LogP contribution in [0.5, 0.6) is 0 Å². The number of benzene rings is 2. The van der Waals surface area contributed by atoms with Crippen molar-refractivity contribution < 1.29 is 4.79 Å². The van der Waals surface area contributed by atoms with Crippen LogP contribution in [0.3, 0.4) is 0 Å². The zero-order valence-electron chi connectivity index (χ0n) is 19.8. The zero-order chi connectivity index (χ0) is 24.4. The summed E-state index contributed by atoms with van der Waals surface area (Å²) in [4.78, 5) is 17.6. The van der Waals surface area contributed by atoms with Gasteiger partial charge in [0.25, 0.3) is 0 Å². The lowest BCUT2D eigenvalue weighted by Crippen LogP contribution is -2.43. The Morgan fingerprint density at radius 1 is 0.879 bits per heavy atom. The van der Waals surface area contributed by atoms with Crippen LogP contribution in [0.4, 0.5) is 0 Å². The van der Waals surface area contributed by atoms with E-state index in [9.17, 15) is 4.79 Å². The molecule has 5 N–H and O–H groups in total. The van der Waals surface area contributed by atoms with Crippen LogP contribution < -0.4 is 11.1 Å². The molecular weight excluding hydrogens is 455 g/mol. The van der Waals surface area contributed by atoms with Gasteiger partial charge in [-0.1, -0.05) is 35.3 Å². The van der Waals surface area contributed by atoms with E-state index in [1.54, 1.807) is 0 Å². The van der Waals surface area contributed by atoms with E-state index in [1.165, 1.54) is 23.4 Å². The minimum absolute atomic E-state index is 0.0112. The molecule has 0 bridgehead atoms. The molecule has 33 heavy (non-hydrogen) atoms. The fourth-order valence-electron chi connectivity index (χ4n) is 4.10. The summed E-state index contributed by atoms with van der Waals surface area (Å²) in [5, 5.41) is 6.78. The van der Waals surface area contributed by atoms with Gasteiger partial charge in [-0.3, -0.25) is 4.79 Å². The lowest BCUT2D eigenvalue weighted by Gasteiger charge is -2.25. The predicted molar refractivity (Wildman–Crippen MR) is 140 cm³/mol. The number of nitrogens with one attached hydrogen (secondary N) is 3. The van der Waals surface area contributed by atoms with Crippen molar-refractivity contribution >= 4 is 50.9 Å². The van der Waals surface area contributed by atoms with E-state index in [2.05, 4.69) is 15.3 Å². The van der Waals surface area contributed by atoms with Gasteiger partial charge in [0.2, 0.25) is 5.91 Å². The number of hydrogen-bond donors (Lipinski definition) is 4. The summed E-state index contributed by atoms with van der Waals surface area (Å²) >= 11 is 11.9. The molecular formula is C26H32Cl2N4O. The third-order valence-corrected chi connectivity index (χ3v) is 5.72. The fraction of sp³-hybridized carbons (Fsp3) is 0.346. The van der Waals surface area contributed by atoms with Gasteiger partial charge in [-0.25, -0.2) is 0 Å². The van der Waals surface area contributed by atoms with Gasteiger partial charge in [-0.05, 0) is 75.9 Å². The van der Waals surface area contributed by atoms with Crippen molar-refractivity contribution in [3.63, 3.8) is 0 Å². The largest absolute Gasteiger partial charge is 0.361 e. The Morgan fingerprint density at radius 3 is 1.76 bits per heavy atom. The number of rotatable bonds is 5. The molecule has 4 aromatic rings. The summed E-state index contributed by atoms with van der Waals surface area (Å²) in [6, 6.07) is 11.7. The maximum Gasteiger partial charge on any atom is 0.217 e. The standard InChI is InChI=1S/C14H17ClN2O.C12H15ClN2/c1-9(18)17-14(2,3)7-10-8-16-13-6-11(15)4-5-12(10)13;1-12(2,14)6-8-7-15-11-5-9(13)3-4-10(8)11/h4-6,8,16H,7H2,1-3H3,(H,17,18);3-5,7,15H,6,14H2,1-2H3. The van der Waals surface area contributed by atoms with Crippen molar-refractivity contribution in [1.82, 2.24) is 15.3 Å². The SMILES string of the molecule is CC(=O)NC(C)(C)Cc1c[nH]c2cc(Cl)ccc12.CC(C)(N)Cc1c[nH]c2cc(Cl)ccc12. The van der Waals surface area contributed by atoms with Gasteiger partial charge < -0.3 is 21.0 Å². The first-order valence-corrected chi connectivity index (χ1v) is 11.7. The van der Waals surface area contributed by atoms with Gasteiger partial charge in [0.15, 0.2) is 0 Å². The van der Waals surface area contributed by atoms with Crippen LogP contribution in [0.2, 0.25) is 10.0 Å². The molecule has 2 aromatic carbocycles. The van der Waals surface area contributed by atoms with Gasteiger partial charge in [-0.2, -0.15) is 0 Å². The van der Waals surface area contributed by atoms with Crippen LogP contribution >= 0.6 is 23.2 Å².